The summed E-state index contributed by atoms with van der Waals surface area (Å²) < 4.78 is 5.86. The van der Waals surface area contributed by atoms with Crippen molar-refractivity contribution in [2.45, 2.75) is 44.1 Å². The third-order valence-corrected chi connectivity index (χ3v) is 5.66. The van der Waals surface area contributed by atoms with E-state index in [2.05, 4.69) is 15.6 Å². The Kier molecular flexibility index (Phi) is 8.04. The number of ether oxygens (including phenoxy) is 1. The minimum absolute atomic E-state index is 0.166. The molecule has 3 atom stereocenters. The molecule has 0 saturated carbocycles. The summed E-state index contributed by atoms with van der Waals surface area (Å²) in [5, 5.41) is 16.3. The van der Waals surface area contributed by atoms with Gasteiger partial charge in [-0.2, -0.15) is 0 Å². The van der Waals surface area contributed by atoms with Gasteiger partial charge in [0.15, 0.2) is 0 Å². The molecule has 0 unspecified atom stereocenters. The summed E-state index contributed by atoms with van der Waals surface area (Å²) in [6.07, 6.45) is 3.52. The Balaban J connectivity index is 1.47. The van der Waals surface area contributed by atoms with E-state index in [1.165, 1.54) is 6.20 Å². The number of carbonyl (C=O) groups is 2. The smallest absolute Gasteiger partial charge is 0.253 e. The van der Waals surface area contributed by atoms with Crippen LogP contribution >= 0.6 is 23.2 Å². The second-order valence-corrected chi connectivity index (χ2v) is 7.92. The monoisotopic (exact) mass is 451 g/mol. The molecule has 0 radical (unpaired) electrons. The average molecular weight is 452 g/mol. The van der Waals surface area contributed by atoms with E-state index in [1.807, 2.05) is 0 Å². The molecule has 3 rings (SSSR count). The van der Waals surface area contributed by atoms with Crippen LogP contribution in [-0.2, 0) is 16.1 Å². The van der Waals surface area contributed by atoms with E-state index < -0.39 is 6.10 Å². The molecule has 3 N–H and O–H groups in total. The number of amides is 2. The Morgan fingerprint density at radius 3 is 2.73 bits per heavy atom. The summed E-state index contributed by atoms with van der Waals surface area (Å²) in [5.41, 5.74) is 1.28. The van der Waals surface area contributed by atoms with Crippen LogP contribution in [0.5, 0.6) is 0 Å². The van der Waals surface area contributed by atoms with Gasteiger partial charge in [-0.15, -0.1) is 0 Å². The lowest BCUT2D eigenvalue weighted by molar-refractivity contribution is -0.131. The number of hydrogen-bond acceptors (Lipinski definition) is 5. The fourth-order valence-corrected chi connectivity index (χ4v) is 3.65. The van der Waals surface area contributed by atoms with Crippen molar-refractivity contribution in [3.05, 3.63) is 63.9 Å². The molecule has 2 heterocycles. The van der Waals surface area contributed by atoms with Crippen molar-refractivity contribution >= 4 is 35.0 Å². The summed E-state index contributed by atoms with van der Waals surface area (Å²) in [5.74, 6) is -0.437. The van der Waals surface area contributed by atoms with E-state index >= 15 is 0 Å². The van der Waals surface area contributed by atoms with Crippen LogP contribution in [0.4, 0.5) is 0 Å². The van der Waals surface area contributed by atoms with E-state index in [1.54, 1.807) is 36.5 Å². The lowest BCUT2D eigenvalue weighted by atomic mass is 9.96. The molecule has 2 aromatic rings. The van der Waals surface area contributed by atoms with E-state index in [0.717, 1.165) is 5.56 Å². The molecule has 160 valence electrons. The van der Waals surface area contributed by atoms with Crippen molar-refractivity contribution in [1.29, 1.82) is 0 Å². The molecule has 1 saturated heterocycles. The van der Waals surface area contributed by atoms with Gasteiger partial charge in [-0.3, -0.25) is 14.6 Å². The van der Waals surface area contributed by atoms with Crippen LogP contribution in [0, 0.1) is 0 Å². The number of benzene rings is 1. The highest BCUT2D eigenvalue weighted by Crippen LogP contribution is 2.24. The zero-order valence-corrected chi connectivity index (χ0v) is 17.7. The maximum Gasteiger partial charge on any atom is 0.253 e. The van der Waals surface area contributed by atoms with E-state index in [9.17, 15) is 14.7 Å². The molecule has 1 aliphatic heterocycles. The predicted octanol–water partition coefficient (Wildman–Crippen LogP) is 2.73. The maximum atomic E-state index is 12.3. The largest absolute Gasteiger partial charge is 0.394 e. The van der Waals surface area contributed by atoms with Gasteiger partial charge in [0.25, 0.3) is 5.91 Å². The van der Waals surface area contributed by atoms with Gasteiger partial charge >= 0.3 is 0 Å². The molecule has 1 aliphatic rings. The lowest BCUT2D eigenvalue weighted by Gasteiger charge is -2.36. The van der Waals surface area contributed by atoms with E-state index in [-0.39, 0.29) is 37.0 Å². The minimum Gasteiger partial charge on any atom is -0.394 e. The Labute approximate surface area is 184 Å². The fourth-order valence-electron chi connectivity index (χ4n) is 3.32. The molecule has 1 aromatic heterocycles. The van der Waals surface area contributed by atoms with Gasteiger partial charge in [0.1, 0.15) is 6.10 Å². The molecule has 7 nitrogen and oxygen atoms in total. The summed E-state index contributed by atoms with van der Waals surface area (Å²) in [6, 6.07) is 8.20. The van der Waals surface area contributed by atoms with Crippen LogP contribution in [-0.4, -0.2) is 46.8 Å². The van der Waals surface area contributed by atoms with Gasteiger partial charge in [0, 0.05) is 18.9 Å². The topological polar surface area (TPSA) is 101 Å². The molecule has 1 fully saturated rings. The summed E-state index contributed by atoms with van der Waals surface area (Å²) >= 11 is 11.9. The highest BCUT2D eigenvalue weighted by atomic mass is 35.5. The Morgan fingerprint density at radius 2 is 2.03 bits per heavy atom. The van der Waals surface area contributed by atoms with Gasteiger partial charge < -0.3 is 20.5 Å². The van der Waals surface area contributed by atoms with Gasteiger partial charge in [-0.25, -0.2) is 0 Å². The van der Waals surface area contributed by atoms with Gasteiger partial charge in [0.05, 0.1) is 40.8 Å². The molecular weight excluding hydrogens is 429 g/mol. The zero-order valence-electron chi connectivity index (χ0n) is 16.2. The fraction of sp³-hybridized carbons (Fsp3) is 0.381. The molecule has 0 aliphatic carbocycles. The van der Waals surface area contributed by atoms with Crippen LogP contribution in [0.3, 0.4) is 0 Å². The molecule has 2 amide bonds. The first-order valence-corrected chi connectivity index (χ1v) is 10.4. The number of aliphatic hydroxyl groups excluding tert-OH is 1. The van der Waals surface area contributed by atoms with Crippen LogP contribution < -0.4 is 10.6 Å². The second-order valence-electron chi connectivity index (χ2n) is 7.11. The molecule has 0 spiro atoms. The van der Waals surface area contributed by atoms with Crippen LogP contribution in [0.25, 0.3) is 0 Å². The van der Waals surface area contributed by atoms with Crippen molar-refractivity contribution in [2.24, 2.45) is 0 Å². The minimum atomic E-state index is -0.577. The van der Waals surface area contributed by atoms with Crippen molar-refractivity contribution in [3.8, 4) is 0 Å². The number of aromatic nitrogens is 1. The Bertz CT molecular complexity index is 882. The number of rotatable bonds is 7. The maximum absolute atomic E-state index is 12.3. The SMILES string of the molecule is O=C(C[C@@H]1CC[C@H](NC(=O)c2cccnc2)[C@H](CO)O1)NCc1ccc(Cl)c(Cl)c1. The highest BCUT2D eigenvalue weighted by molar-refractivity contribution is 6.42. The summed E-state index contributed by atoms with van der Waals surface area (Å²) in [4.78, 5) is 28.5. The Hall–Kier alpha value is -2.19. The molecule has 1 aromatic carbocycles. The first kappa shape index (κ1) is 22.5. The first-order valence-electron chi connectivity index (χ1n) is 9.64. The second kappa shape index (κ2) is 10.7. The van der Waals surface area contributed by atoms with Crippen molar-refractivity contribution in [2.75, 3.05) is 6.61 Å². The lowest BCUT2D eigenvalue weighted by Crippen LogP contribution is -2.51. The summed E-state index contributed by atoms with van der Waals surface area (Å²) in [6.45, 7) is 0.0784. The van der Waals surface area contributed by atoms with Crippen molar-refractivity contribution in [3.63, 3.8) is 0 Å². The highest BCUT2D eigenvalue weighted by Gasteiger charge is 2.33. The normalized spacial score (nSPS) is 21.1. The number of pyridine rings is 1. The number of nitrogens with one attached hydrogen (secondary N) is 2. The van der Waals surface area contributed by atoms with Crippen LogP contribution in [0.15, 0.2) is 42.7 Å². The van der Waals surface area contributed by atoms with Crippen molar-refractivity contribution < 1.29 is 19.4 Å². The van der Waals surface area contributed by atoms with E-state index in [4.69, 9.17) is 27.9 Å². The van der Waals surface area contributed by atoms with Gasteiger partial charge in [-0.05, 0) is 42.7 Å². The molecule has 30 heavy (non-hydrogen) atoms. The van der Waals surface area contributed by atoms with Crippen molar-refractivity contribution in [1.82, 2.24) is 15.6 Å². The van der Waals surface area contributed by atoms with E-state index in [0.29, 0.717) is 35.0 Å². The number of carbonyl (C=O) groups excluding carboxylic acids is 2. The number of halogens is 2. The number of nitrogens with zero attached hydrogens (tertiary/aromatic N) is 1. The standard InChI is InChI=1S/C21H23Cl2N3O4/c22-16-5-3-13(8-17(16)23)10-25-20(28)9-15-4-6-18(19(12-27)30-15)26-21(29)14-2-1-7-24-11-14/h1-3,5,7-8,11,15,18-19,27H,4,6,9-10,12H2,(H,25,28)(H,26,29)/t15-,18-,19-/m0/s1. The van der Waals surface area contributed by atoms with Crippen LogP contribution in [0.1, 0.15) is 35.2 Å². The number of aliphatic hydroxyl groups is 1. The Morgan fingerprint density at radius 1 is 1.20 bits per heavy atom. The van der Waals surface area contributed by atoms with Crippen LogP contribution in [0.2, 0.25) is 10.0 Å². The quantitative estimate of drug-likeness (QED) is 0.600. The number of hydrogen-bond donors (Lipinski definition) is 3. The zero-order chi connectivity index (χ0) is 21.5. The molecular formula is C21H23Cl2N3O4. The average Bonchev–Trinajstić information content (AvgIpc) is 2.76. The van der Waals surface area contributed by atoms with Gasteiger partial charge in [-0.1, -0.05) is 29.3 Å². The summed E-state index contributed by atoms with van der Waals surface area (Å²) in [7, 11) is 0. The third kappa shape index (κ3) is 6.15. The third-order valence-electron chi connectivity index (χ3n) is 4.92. The molecule has 9 heteroatoms. The predicted molar refractivity (Wildman–Crippen MR) is 113 cm³/mol. The first-order chi connectivity index (χ1) is 14.5. The molecule has 0 bridgehead atoms. The van der Waals surface area contributed by atoms with Gasteiger partial charge in [0.2, 0.25) is 5.91 Å².